The van der Waals surface area contributed by atoms with E-state index in [-0.39, 0.29) is 63.6 Å². The number of cyclic esters (lactones) is 2. The SMILES string of the molecule is CCCC12CC(C3OCC(F)(F)C(F)(F)CO3)CC(C1)C1(C3OCC(F)(F)C(F)(F)CO3)CC3CCCC(C3)(C1)C(=O)OCC1OC(C3CC4CCCC(C4)C3)OC1COC2=O. The van der Waals surface area contributed by atoms with Crippen molar-refractivity contribution in [2.24, 2.45) is 51.8 Å². The van der Waals surface area contributed by atoms with Crippen LogP contribution in [0.4, 0.5) is 35.1 Å². The average Bonchev–Trinajstić information content (AvgIpc) is 3.54. The van der Waals surface area contributed by atoms with Crippen molar-refractivity contribution in [1.29, 1.82) is 0 Å². The Labute approximate surface area is 356 Å². The maximum Gasteiger partial charge on any atom is 0.335 e. The maximum atomic E-state index is 15.0. The fourth-order valence-electron chi connectivity index (χ4n) is 13.7. The molecule has 9 rings (SSSR count). The Morgan fingerprint density at radius 3 is 1.74 bits per heavy atom. The molecule has 0 aromatic heterocycles. The summed E-state index contributed by atoms with van der Waals surface area (Å²) in [6.45, 7) is -5.43. The molecule has 5 saturated carbocycles. The zero-order valence-corrected chi connectivity index (χ0v) is 35.2. The smallest absolute Gasteiger partial charge is 0.335 e. The van der Waals surface area contributed by atoms with Gasteiger partial charge in [-0.05, 0) is 94.3 Å². The van der Waals surface area contributed by atoms with Crippen LogP contribution < -0.4 is 0 Å². The maximum absolute atomic E-state index is 15.0. The summed E-state index contributed by atoms with van der Waals surface area (Å²) in [7, 11) is 0. The highest BCUT2D eigenvalue weighted by atomic mass is 19.3. The van der Waals surface area contributed by atoms with Crippen molar-refractivity contribution >= 4 is 11.9 Å². The lowest BCUT2D eigenvalue weighted by atomic mass is 9.46. The Morgan fingerprint density at radius 1 is 0.581 bits per heavy atom. The van der Waals surface area contributed by atoms with E-state index in [0.29, 0.717) is 43.9 Å². The Kier molecular flexibility index (Phi) is 12.0. The van der Waals surface area contributed by atoms with E-state index in [0.717, 1.165) is 25.7 Å². The minimum atomic E-state index is -4.61. The normalized spacial score (nSPS) is 45.9. The molecule has 9 fully saturated rings. The van der Waals surface area contributed by atoms with Gasteiger partial charge in [-0.2, -0.15) is 35.1 Å². The number of alkyl halides is 8. The Balaban J connectivity index is 1.12. The third-order valence-corrected chi connectivity index (χ3v) is 16.5. The number of ether oxygens (including phenoxy) is 8. The second-order valence-corrected chi connectivity index (χ2v) is 20.8. The summed E-state index contributed by atoms with van der Waals surface area (Å²) in [4.78, 5) is 29.7. The average molecular weight is 901 g/mol. The molecule has 4 aliphatic heterocycles. The van der Waals surface area contributed by atoms with Crippen molar-refractivity contribution in [3.05, 3.63) is 0 Å². The molecular formula is C44H60F8O10. The van der Waals surface area contributed by atoms with Crippen LogP contribution in [0.1, 0.15) is 116 Å². The fraction of sp³-hybridized carbons (Fsp3) is 0.955. The van der Waals surface area contributed by atoms with Crippen molar-refractivity contribution in [3.63, 3.8) is 0 Å². The molecule has 11 atom stereocenters. The summed E-state index contributed by atoms with van der Waals surface area (Å²) < 4.78 is 167. The molecule has 1 spiro atoms. The molecule has 10 nitrogen and oxygen atoms in total. The molecule has 18 heteroatoms. The largest absolute Gasteiger partial charge is 0.462 e. The monoisotopic (exact) mass is 900 g/mol. The van der Waals surface area contributed by atoms with E-state index >= 15 is 17.6 Å². The predicted molar refractivity (Wildman–Crippen MR) is 199 cm³/mol. The van der Waals surface area contributed by atoms with Gasteiger partial charge in [0.15, 0.2) is 18.9 Å². The molecule has 4 heterocycles. The lowest BCUT2D eigenvalue weighted by Crippen LogP contribution is -2.59. The molecule has 7 bridgehead atoms. The number of halogens is 8. The van der Waals surface area contributed by atoms with Gasteiger partial charge in [0.2, 0.25) is 0 Å². The molecule has 11 unspecified atom stereocenters. The summed E-state index contributed by atoms with van der Waals surface area (Å²) in [5, 5.41) is 0. The standard InChI is InChI=1S/C44H60F8O10/c1-2-8-38-16-29(33-57-21-41(45,46)42(47,48)22-58-33)13-30(17-38)40(37-59-23-43(49,50)44(51,52)24-60-37)15-27-7-4-9-39(14-27,20-40)36(54)56-19-32-31(18-55-35(38)53)61-34(62-32)28-11-25-5-3-6-26(10-25)12-28/h25-34,37H,2-24H2,1H3. The first kappa shape index (κ1) is 45.3. The molecule has 0 aromatic carbocycles. The minimum absolute atomic E-state index is 0.0258. The number of carbonyl (C=O) groups excluding carboxylic acids is 2. The van der Waals surface area contributed by atoms with Crippen LogP contribution in [-0.2, 0) is 47.5 Å². The summed E-state index contributed by atoms with van der Waals surface area (Å²) >= 11 is 0. The number of fused-ring (bicyclic) bond motifs is 8. The molecule has 5 aliphatic carbocycles. The van der Waals surface area contributed by atoms with Gasteiger partial charge in [0.05, 0.1) is 10.8 Å². The molecule has 0 N–H and O–H groups in total. The highest BCUT2D eigenvalue weighted by molar-refractivity contribution is 5.78. The highest BCUT2D eigenvalue weighted by Gasteiger charge is 2.68. The molecule has 0 radical (unpaired) electrons. The van der Waals surface area contributed by atoms with Crippen LogP contribution in [0.5, 0.6) is 0 Å². The first-order valence-corrected chi connectivity index (χ1v) is 22.9. The first-order valence-electron chi connectivity index (χ1n) is 22.9. The van der Waals surface area contributed by atoms with Gasteiger partial charge in [-0.25, -0.2) is 0 Å². The van der Waals surface area contributed by atoms with Crippen LogP contribution in [-0.4, -0.2) is 106 Å². The van der Waals surface area contributed by atoms with Gasteiger partial charge in [0, 0.05) is 17.3 Å². The molecule has 9 aliphatic rings. The number of esters is 2. The van der Waals surface area contributed by atoms with E-state index in [9.17, 15) is 27.2 Å². The van der Waals surface area contributed by atoms with Gasteiger partial charge in [-0.1, -0.05) is 45.4 Å². The van der Waals surface area contributed by atoms with Crippen molar-refractivity contribution in [2.45, 2.75) is 171 Å². The van der Waals surface area contributed by atoms with Crippen molar-refractivity contribution in [1.82, 2.24) is 0 Å². The third-order valence-electron chi connectivity index (χ3n) is 16.5. The summed E-state index contributed by atoms with van der Waals surface area (Å²) in [5.74, 6) is -20.6. The van der Waals surface area contributed by atoms with Crippen LogP contribution in [0.3, 0.4) is 0 Å². The van der Waals surface area contributed by atoms with Crippen molar-refractivity contribution < 1.29 is 82.6 Å². The zero-order chi connectivity index (χ0) is 43.9. The van der Waals surface area contributed by atoms with Crippen LogP contribution >= 0.6 is 0 Å². The van der Waals surface area contributed by atoms with Gasteiger partial charge < -0.3 is 37.9 Å². The van der Waals surface area contributed by atoms with E-state index in [1.807, 2.05) is 6.92 Å². The molecule has 4 saturated heterocycles. The van der Waals surface area contributed by atoms with Crippen LogP contribution in [0.25, 0.3) is 0 Å². The molecular weight excluding hydrogens is 840 g/mol. The summed E-state index contributed by atoms with van der Waals surface area (Å²) in [5.41, 5.74) is -4.23. The third kappa shape index (κ3) is 8.09. The van der Waals surface area contributed by atoms with E-state index in [4.69, 9.17) is 37.9 Å². The Morgan fingerprint density at radius 2 is 1.15 bits per heavy atom. The number of carbonyl (C=O) groups is 2. The van der Waals surface area contributed by atoms with Gasteiger partial charge >= 0.3 is 35.6 Å². The van der Waals surface area contributed by atoms with E-state index < -0.39 is 121 Å². The van der Waals surface area contributed by atoms with Crippen LogP contribution in [0.2, 0.25) is 0 Å². The topological polar surface area (TPSA) is 108 Å². The van der Waals surface area contributed by atoms with Crippen molar-refractivity contribution in [3.8, 4) is 0 Å². The van der Waals surface area contributed by atoms with Gasteiger partial charge in [-0.15, -0.1) is 0 Å². The van der Waals surface area contributed by atoms with Crippen LogP contribution in [0, 0.1) is 51.8 Å². The van der Waals surface area contributed by atoms with Gasteiger partial charge in [0.1, 0.15) is 51.8 Å². The number of rotatable bonds is 5. The Bertz CT molecular complexity index is 1620. The first-order chi connectivity index (χ1) is 29.3. The van der Waals surface area contributed by atoms with E-state index in [1.54, 1.807) is 0 Å². The van der Waals surface area contributed by atoms with Gasteiger partial charge in [0.25, 0.3) is 0 Å². The van der Waals surface area contributed by atoms with Gasteiger partial charge in [-0.3, -0.25) is 9.59 Å². The quantitative estimate of drug-likeness (QED) is 0.196. The summed E-state index contributed by atoms with van der Waals surface area (Å²) in [6, 6.07) is 0. The minimum Gasteiger partial charge on any atom is -0.462 e. The Hall–Kier alpha value is -1.86. The molecule has 62 heavy (non-hydrogen) atoms. The highest BCUT2D eigenvalue weighted by Crippen LogP contribution is 2.66. The molecule has 0 aromatic rings. The molecule has 352 valence electrons. The van der Waals surface area contributed by atoms with Crippen molar-refractivity contribution in [2.75, 3.05) is 39.6 Å². The second kappa shape index (κ2) is 16.5. The second-order valence-electron chi connectivity index (χ2n) is 20.8. The molecule has 0 amide bonds. The zero-order valence-electron chi connectivity index (χ0n) is 35.2. The summed E-state index contributed by atoms with van der Waals surface area (Å²) in [6.07, 6.45) is 3.08. The lowest BCUT2D eigenvalue weighted by molar-refractivity contribution is -0.268. The number of hydrogen-bond donors (Lipinski definition) is 0. The predicted octanol–water partition coefficient (Wildman–Crippen LogP) is 8.86. The van der Waals surface area contributed by atoms with E-state index in [1.165, 1.54) is 12.8 Å². The lowest BCUT2D eigenvalue weighted by Gasteiger charge is -2.60. The number of hydrogen-bond acceptors (Lipinski definition) is 10. The van der Waals surface area contributed by atoms with E-state index in [2.05, 4.69) is 0 Å². The fourth-order valence-corrected chi connectivity index (χ4v) is 13.7. The van der Waals surface area contributed by atoms with Crippen LogP contribution in [0.15, 0.2) is 0 Å².